The monoisotopic (exact) mass is 675 g/mol. The zero-order valence-corrected chi connectivity index (χ0v) is 25.0. The van der Waals surface area contributed by atoms with E-state index < -0.39 is 11.9 Å². The van der Waals surface area contributed by atoms with Gasteiger partial charge in [-0.1, -0.05) is 53.5 Å². The zero-order chi connectivity index (χ0) is 27.8. The minimum absolute atomic E-state index is 0.124. The number of rotatable bonds is 7. The third-order valence-corrected chi connectivity index (χ3v) is 8.24. The Kier molecular flexibility index (Phi) is 7.94. The minimum Gasteiger partial charge on any atom is -0.493 e. The number of Topliss-reactive ketones (excluding diaryl/α,β-unsaturated/α-hetero) is 1. The van der Waals surface area contributed by atoms with Crippen LogP contribution in [-0.4, -0.2) is 25.5 Å². The van der Waals surface area contributed by atoms with E-state index in [2.05, 4.69) is 27.9 Å². The molecule has 0 saturated carbocycles. The van der Waals surface area contributed by atoms with Gasteiger partial charge >= 0.3 is 5.97 Å². The molecule has 6 nitrogen and oxygen atoms in total. The van der Waals surface area contributed by atoms with E-state index in [0.29, 0.717) is 49.6 Å². The molecule has 0 bridgehead atoms. The summed E-state index contributed by atoms with van der Waals surface area (Å²) in [6, 6.07) is 16.5. The van der Waals surface area contributed by atoms with Crippen LogP contribution in [0.1, 0.15) is 46.8 Å². The van der Waals surface area contributed by atoms with Gasteiger partial charge in [-0.05, 0) is 71.8 Å². The molecule has 1 N–H and O–H groups in total. The largest absolute Gasteiger partial charge is 0.493 e. The van der Waals surface area contributed by atoms with Crippen molar-refractivity contribution in [3.63, 3.8) is 0 Å². The predicted molar refractivity (Wildman–Crippen MR) is 159 cm³/mol. The highest BCUT2D eigenvalue weighted by atomic mass is 127. The van der Waals surface area contributed by atoms with Gasteiger partial charge in [0, 0.05) is 28.3 Å². The molecule has 3 aromatic carbocycles. The second-order valence-electron chi connectivity index (χ2n) is 9.05. The molecule has 1 aliphatic carbocycles. The Morgan fingerprint density at radius 3 is 2.49 bits per heavy atom. The van der Waals surface area contributed by atoms with Crippen LogP contribution >= 0.6 is 45.8 Å². The van der Waals surface area contributed by atoms with Crippen molar-refractivity contribution in [1.82, 2.24) is 5.32 Å². The van der Waals surface area contributed by atoms with Crippen LogP contribution in [0.25, 0.3) is 5.70 Å². The third kappa shape index (κ3) is 5.03. The summed E-state index contributed by atoms with van der Waals surface area (Å²) < 4.78 is 18.1. The standard InChI is InChI=1S/C30H24Cl2INO5/c1-4-38-30(36)24-15(2)34-27-18-7-5-6-8-19(18)28(35)26(27)25(24)17-12-22(33)29(23(13-17)37-3)39-14-16-9-10-20(31)21(32)11-16/h5-13,25,34H,4,14H2,1-3H3/t25-/m1/s1. The van der Waals surface area contributed by atoms with Crippen molar-refractivity contribution >= 4 is 63.2 Å². The lowest BCUT2D eigenvalue weighted by atomic mass is 9.79. The van der Waals surface area contributed by atoms with Gasteiger partial charge in [-0.15, -0.1) is 0 Å². The summed E-state index contributed by atoms with van der Waals surface area (Å²) in [7, 11) is 1.55. The molecular formula is C30H24Cl2INO5. The van der Waals surface area contributed by atoms with Crippen LogP contribution in [0, 0.1) is 3.57 Å². The van der Waals surface area contributed by atoms with E-state index in [4.69, 9.17) is 37.4 Å². The lowest BCUT2D eigenvalue weighted by molar-refractivity contribution is -0.138. The molecule has 1 atom stereocenters. The van der Waals surface area contributed by atoms with Gasteiger partial charge in [0.2, 0.25) is 0 Å². The summed E-state index contributed by atoms with van der Waals surface area (Å²) in [5.41, 5.74) is 5.21. The Hall–Kier alpha value is -3.01. The molecule has 9 heteroatoms. The highest BCUT2D eigenvalue weighted by molar-refractivity contribution is 14.1. The molecule has 0 spiro atoms. The normalized spacial score (nSPS) is 16.1. The molecule has 0 aromatic heterocycles. The number of esters is 1. The van der Waals surface area contributed by atoms with Gasteiger partial charge in [-0.25, -0.2) is 4.79 Å². The van der Waals surface area contributed by atoms with Crippen LogP contribution < -0.4 is 14.8 Å². The van der Waals surface area contributed by atoms with Crippen molar-refractivity contribution in [2.24, 2.45) is 0 Å². The predicted octanol–water partition coefficient (Wildman–Crippen LogP) is 7.32. The van der Waals surface area contributed by atoms with Crippen LogP contribution in [0.3, 0.4) is 0 Å². The van der Waals surface area contributed by atoms with Gasteiger partial charge in [-0.2, -0.15) is 0 Å². The molecule has 2 aliphatic rings. The topological polar surface area (TPSA) is 73.9 Å². The first-order chi connectivity index (χ1) is 18.7. The molecule has 1 aliphatic heterocycles. The molecule has 5 rings (SSSR count). The molecule has 0 unspecified atom stereocenters. The summed E-state index contributed by atoms with van der Waals surface area (Å²) in [5.74, 6) is -0.248. The van der Waals surface area contributed by atoms with Crippen molar-refractivity contribution < 1.29 is 23.8 Å². The number of hydrogen-bond donors (Lipinski definition) is 1. The Bertz CT molecular complexity index is 1580. The Morgan fingerprint density at radius 2 is 1.79 bits per heavy atom. The molecule has 3 aromatic rings. The van der Waals surface area contributed by atoms with Crippen molar-refractivity contribution in [3.05, 3.63) is 107 Å². The Labute approximate surface area is 250 Å². The van der Waals surface area contributed by atoms with Gasteiger partial charge in [0.25, 0.3) is 0 Å². The van der Waals surface area contributed by atoms with E-state index in [0.717, 1.165) is 20.3 Å². The number of ketones is 1. The number of nitrogens with one attached hydrogen (secondary N) is 1. The number of fused-ring (bicyclic) bond motifs is 2. The van der Waals surface area contributed by atoms with E-state index in [-0.39, 0.29) is 19.0 Å². The van der Waals surface area contributed by atoms with E-state index in [1.54, 1.807) is 32.2 Å². The first kappa shape index (κ1) is 27.6. The maximum atomic E-state index is 13.7. The fourth-order valence-electron chi connectivity index (χ4n) is 4.97. The molecule has 0 saturated heterocycles. The SMILES string of the molecule is CCOC(=O)C1=C(C)NC2=C(C(=O)c3ccccc32)[C@@H]1c1cc(I)c(OCc2ccc(Cl)c(Cl)c2)c(OC)c1. The smallest absolute Gasteiger partial charge is 0.336 e. The third-order valence-electron chi connectivity index (χ3n) is 6.70. The van der Waals surface area contributed by atoms with Crippen LogP contribution in [0.4, 0.5) is 0 Å². The summed E-state index contributed by atoms with van der Waals surface area (Å²) >= 11 is 14.4. The number of ether oxygens (including phenoxy) is 3. The quantitative estimate of drug-likeness (QED) is 0.209. The van der Waals surface area contributed by atoms with Crippen molar-refractivity contribution in [2.45, 2.75) is 26.4 Å². The average Bonchev–Trinajstić information content (AvgIpc) is 3.20. The maximum absolute atomic E-state index is 13.7. The van der Waals surface area contributed by atoms with Crippen LogP contribution in [0.2, 0.25) is 10.0 Å². The van der Waals surface area contributed by atoms with Gasteiger partial charge in [0.1, 0.15) is 6.61 Å². The molecular weight excluding hydrogens is 652 g/mol. The number of hydrogen-bond acceptors (Lipinski definition) is 6. The second kappa shape index (κ2) is 11.2. The van der Waals surface area contributed by atoms with Gasteiger partial charge in [-0.3, -0.25) is 4.79 Å². The summed E-state index contributed by atoms with van der Waals surface area (Å²) in [5, 5.41) is 4.23. The highest BCUT2D eigenvalue weighted by Crippen LogP contribution is 2.48. The van der Waals surface area contributed by atoms with Crippen LogP contribution in [-0.2, 0) is 16.1 Å². The van der Waals surface area contributed by atoms with Crippen molar-refractivity contribution in [1.29, 1.82) is 0 Å². The molecule has 39 heavy (non-hydrogen) atoms. The van der Waals surface area contributed by atoms with Gasteiger partial charge < -0.3 is 19.5 Å². The number of dihydropyridines is 1. The molecule has 0 fully saturated rings. The van der Waals surface area contributed by atoms with Crippen LogP contribution in [0.5, 0.6) is 11.5 Å². The number of carbonyl (C=O) groups is 2. The van der Waals surface area contributed by atoms with E-state index in [9.17, 15) is 9.59 Å². The highest BCUT2D eigenvalue weighted by Gasteiger charge is 2.43. The molecule has 200 valence electrons. The number of methoxy groups -OCH3 is 1. The molecule has 1 heterocycles. The minimum atomic E-state index is -0.660. The lowest BCUT2D eigenvalue weighted by Gasteiger charge is -2.30. The maximum Gasteiger partial charge on any atom is 0.336 e. The average molecular weight is 676 g/mol. The summed E-state index contributed by atoms with van der Waals surface area (Å²) in [6.45, 7) is 4.04. The van der Waals surface area contributed by atoms with Gasteiger partial charge in [0.15, 0.2) is 17.3 Å². The van der Waals surface area contributed by atoms with Crippen LogP contribution in [0.15, 0.2) is 71.4 Å². The Balaban J connectivity index is 1.59. The number of halogens is 3. The van der Waals surface area contributed by atoms with Crippen molar-refractivity contribution in [3.8, 4) is 11.5 Å². The molecule has 0 radical (unpaired) electrons. The number of carbonyl (C=O) groups excluding carboxylic acids is 2. The summed E-state index contributed by atoms with van der Waals surface area (Å²) in [6.07, 6.45) is 0. The van der Waals surface area contributed by atoms with E-state index >= 15 is 0 Å². The fourth-order valence-corrected chi connectivity index (χ4v) is 6.07. The fraction of sp³-hybridized carbons (Fsp3) is 0.200. The summed E-state index contributed by atoms with van der Waals surface area (Å²) in [4.78, 5) is 27.0. The van der Waals surface area contributed by atoms with Gasteiger partial charge in [0.05, 0.1) is 38.6 Å². The molecule has 0 amide bonds. The van der Waals surface area contributed by atoms with E-state index in [1.807, 2.05) is 43.3 Å². The first-order valence-corrected chi connectivity index (χ1v) is 14.1. The van der Waals surface area contributed by atoms with Crippen molar-refractivity contribution in [2.75, 3.05) is 13.7 Å². The Morgan fingerprint density at radius 1 is 1.05 bits per heavy atom. The van der Waals surface area contributed by atoms with E-state index in [1.165, 1.54) is 0 Å². The number of benzene rings is 3. The zero-order valence-electron chi connectivity index (χ0n) is 21.4. The second-order valence-corrected chi connectivity index (χ2v) is 11.0. The first-order valence-electron chi connectivity index (χ1n) is 12.2. The lowest BCUT2D eigenvalue weighted by Crippen LogP contribution is -2.29. The number of allylic oxidation sites excluding steroid dienone is 2.